The molecule has 1 heterocycles. The summed E-state index contributed by atoms with van der Waals surface area (Å²) in [5.74, 6) is 1.27. The van der Waals surface area contributed by atoms with Gasteiger partial charge in [-0.05, 0) is 31.2 Å². The molecule has 2 aromatic rings. The standard InChI is InChI=1S/C12H12FN3O/c1-8(14)12-15-6-11(7-16-12)17-10-4-2-9(13)3-5-10/h2-8H,14H2,1H3. The van der Waals surface area contributed by atoms with Crippen molar-refractivity contribution in [3.63, 3.8) is 0 Å². The average Bonchev–Trinajstić information content (AvgIpc) is 2.33. The Labute approximate surface area is 98.3 Å². The molecular formula is C12H12FN3O. The summed E-state index contributed by atoms with van der Waals surface area (Å²) in [5, 5.41) is 0. The van der Waals surface area contributed by atoms with Gasteiger partial charge in [-0.15, -0.1) is 0 Å². The molecule has 0 amide bonds. The number of halogens is 1. The summed E-state index contributed by atoms with van der Waals surface area (Å²) >= 11 is 0. The third kappa shape index (κ3) is 2.98. The van der Waals surface area contributed by atoms with E-state index in [0.29, 0.717) is 17.3 Å². The molecule has 1 atom stereocenters. The van der Waals surface area contributed by atoms with E-state index in [0.717, 1.165) is 0 Å². The number of rotatable bonds is 3. The molecule has 17 heavy (non-hydrogen) atoms. The first kappa shape index (κ1) is 11.5. The zero-order valence-corrected chi connectivity index (χ0v) is 9.30. The first-order valence-corrected chi connectivity index (χ1v) is 5.16. The maximum absolute atomic E-state index is 12.7. The summed E-state index contributed by atoms with van der Waals surface area (Å²) in [7, 11) is 0. The molecule has 0 spiro atoms. The first-order chi connectivity index (χ1) is 8.15. The Morgan fingerprint density at radius 2 is 1.71 bits per heavy atom. The second-order valence-electron chi connectivity index (χ2n) is 3.62. The minimum Gasteiger partial charge on any atom is -0.454 e. The van der Waals surface area contributed by atoms with Gasteiger partial charge >= 0.3 is 0 Å². The maximum atomic E-state index is 12.7. The van der Waals surface area contributed by atoms with Crippen molar-refractivity contribution >= 4 is 0 Å². The molecule has 5 heteroatoms. The summed E-state index contributed by atoms with van der Waals surface area (Å²) in [4.78, 5) is 8.11. The fourth-order valence-electron chi connectivity index (χ4n) is 1.25. The van der Waals surface area contributed by atoms with Gasteiger partial charge in [0.05, 0.1) is 18.4 Å². The third-order valence-electron chi connectivity index (χ3n) is 2.10. The highest BCUT2D eigenvalue weighted by Gasteiger charge is 2.03. The van der Waals surface area contributed by atoms with Gasteiger partial charge in [-0.2, -0.15) is 0 Å². The zero-order valence-electron chi connectivity index (χ0n) is 9.30. The van der Waals surface area contributed by atoms with E-state index in [-0.39, 0.29) is 11.9 Å². The lowest BCUT2D eigenvalue weighted by atomic mass is 10.3. The molecule has 0 radical (unpaired) electrons. The summed E-state index contributed by atoms with van der Waals surface area (Å²) in [6.45, 7) is 1.80. The van der Waals surface area contributed by atoms with E-state index in [4.69, 9.17) is 10.5 Å². The lowest BCUT2D eigenvalue weighted by Gasteiger charge is -2.06. The number of nitrogens with zero attached hydrogens (tertiary/aromatic N) is 2. The predicted molar refractivity (Wildman–Crippen MR) is 61.1 cm³/mol. The second-order valence-corrected chi connectivity index (χ2v) is 3.62. The van der Waals surface area contributed by atoms with Gasteiger partial charge in [-0.1, -0.05) is 0 Å². The van der Waals surface area contributed by atoms with E-state index in [9.17, 15) is 4.39 Å². The molecule has 0 aliphatic rings. The van der Waals surface area contributed by atoms with Gasteiger partial charge in [0.2, 0.25) is 0 Å². The number of hydrogen-bond acceptors (Lipinski definition) is 4. The van der Waals surface area contributed by atoms with Crippen molar-refractivity contribution in [2.75, 3.05) is 0 Å². The smallest absolute Gasteiger partial charge is 0.164 e. The molecule has 88 valence electrons. The van der Waals surface area contributed by atoms with Crippen LogP contribution in [-0.2, 0) is 0 Å². The monoisotopic (exact) mass is 233 g/mol. The van der Waals surface area contributed by atoms with Crippen LogP contribution in [0.25, 0.3) is 0 Å². The van der Waals surface area contributed by atoms with E-state index >= 15 is 0 Å². The van der Waals surface area contributed by atoms with E-state index in [1.54, 1.807) is 6.92 Å². The van der Waals surface area contributed by atoms with Crippen molar-refractivity contribution in [1.29, 1.82) is 0 Å². The molecule has 2 N–H and O–H groups in total. The van der Waals surface area contributed by atoms with Gasteiger partial charge in [-0.3, -0.25) is 0 Å². The highest BCUT2D eigenvalue weighted by atomic mass is 19.1. The summed E-state index contributed by atoms with van der Waals surface area (Å²) in [5.41, 5.74) is 5.63. The Morgan fingerprint density at radius 3 is 2.24 bits per heavy atom. The molecule has 0 aliphatic carbocycles. The van der Waals surface area contributed by atoms with Gasteiger partial charge in [0, 0.05) is 0 Å². The van der Waals surface area contributed by atoms with Crippen LogP contribution in [0.3, 0.4) is 0 Å². The molecule has 1 aromatic carbocycles. The normalized spacial score (nSPS) is 12.2. The summed E-state index contributed by atoms with van der Waals surface area (Å²) in [6.07, 6.45) is 3.07. The van der Waals surface area contributed by atoms with E-state index in [2.05, 4.69) is 9.97 Å². The van der Waals surface area contributed by atoms with Gasteiger partial charge in [0.15, 0.2) is 5.75 Å². The van der Waals surface area contributed by atoms with Crippen molar-refractivity contribution in [3.8, 4) is 11.5 Å². The zero-order chi connectivity index (χ0) is 12.3. The molecule has 0 aliphatic heterocycles. The van der Waals surface area contributed by atoms with Crippen LogP contribution in [0, 0.1) is 5.82 Å². The highest BCUT2D eigenvalue weighted by molar-refractivity contribution is 5.28. The van der Waals surface area contributed by atoms with Crippen LogP contribution >= 0.6 is 0 Å². The number of benzene rings is 1. The fraction of sp³-hybridized carbons (Fsp3) is 0.167. The maximum Gasteiger partial charge on any atom is 0.164 e. The Morgan fingerprint density at radius 1 is 1.12 bits per heavy atom. The van der Waals surface area contributed by atoms with E-state index < -0.39 is 0 Å². The minimum absolute atomic E-state index is 0.213. The molecule has 0 saturated heterocycles. The molecule has 0 fully saturated rings. The molecular weight excluding hydrogens is 221 g/mol. The number of aromatic nitrogens is 2. The quantitative estimate of drug-likeness (QED) is 0.884. The fourth-order valence-corrected chi connectivity index (χ4v) is 1.25. The largest absolute Gasteiger partial charge is 0.454 e. The second kappa shape index (κ2) is 4.88. The van der Waals surface area contributed by atoms with Crippen LogP contribution in [0.15, 0.2) is 36.7 Å². The van der Waals surface area contributed by atoms with Gasteiger partial charge < -0.3 is 10.5 Å². The van der Waals surface area contributed by atoms with Crippen LogP contribution in [0.5, 0.6) is 11.5 Å². The highest BCUT2D eigenvalue weighted by Crippen LogP contribution is 2.20. The number of nitrogens with two attached hydrogens (primary N) is 1. The average molecular weight is 233 g/mol. The lowest BCUT2D eigenvalue weighted by Crippen LogP contribution is -2.09. The molecule has 1 aromatic heterocycles. The Balaban J connectivity index is 2.11. The van der Waals surface area contributed by atoms with E-state index in [1.165, 1.54) is 36.7 Å². The lowest BCUT2D eigenvalue weighted by molar-refractivity contribution is 0.473. The molecule has 2 rings (SSSR count). The molecule has 4 nitrogen and oxygen atoms in total. The Hall–Kier alpha value is -2.01. The molecule has 1 unspecified atom stereocenters. The summed E-state index contributed by atoms with van der Waals surface area (Å²) < 4.78 is 18.1. The van der Waals surface area contributed by atoms with Crippen molar-refractivity contribution in [1.82, 2.24) is 9.97 Å². The van der Waals surface area contributed by atoms with Crippen LogP contribution < -0.4 is 10.5 Å². The Kier molecular flexibility index (Phi) is 3.30. The van der Waals surface area contributed by atoms with Crippen molar-refractivity contribution in [2.24, 2.45) is 5.73 Å². The minimum atomic E-state index is -0.305. The number of ether oxygens (including phenoxy) is 1. The third-order valence-corrected chi connectivity index (χ3v) is 2.10. The predicted octanol–water partition coefficient (Wildman–Crippen LogP) is 2.43. The van der Waals surface area contributed by atoms with E-state index in [1.807, 2.05) is 0 Å². The van der Waals surface area contributed by atoms with Crippen LogP contribution in [0.4, 0.5) is 4.39 Å². The van der Waals surface area contributed by atoms with Crippen LogP contribution in [0.2, 0.25) is 0 Å². The van der Waals surface area contributed by atoms with Crippen LogP contribution in [-0.4, -0.2) is 9.97 Å². The van der Waals surface area contributed by atoms with Gasteiger partial charge in [0.1, 0.15) is 17.4 Å². The number of hydrogen-bond donors (Lipinski definition) is 1. The van der Waals surface area contributed by atoms with Gasteiger partial charge in [0.25, 0.3) is 0 Å². The molecule has 0 saturated carbocycles. The topological polar surface area (TPSA) is 61.0 Å². The van der Waals surface area contributed by atoms with Crippen LogP contribution in [0.1, 0.15) is 18.8 Å². The molecule has 0 bridgehead atoms. The van der Waals surface area contributed by atoms with Crippen molar-refractivity contribution in [3.05, 3.63) is 48.3 Å². The van der Waals surface area contributed by atoms with Crippen molar-refractivity contribution in [2.45, 2.75) is 13.0 Å². The Bertz CT molecular complexity index is 482. The van der Waals surface area contributed by atoms with Crippen molar-refractivity contribution < 1.29 is 9.13 Å². The summed E-state index contributed by atoms with van der Waals surface area (Å²) in [6, 6.07) is 5.51. The SMILES string of the molecule is CC(N)c1ncc(Oc2ccc(F)cc2)cn1. The first-order valence-electron chi connectivity index (χ1n) is 5.16. The van der Waals surface area contributed by atoms with Gasteiger partial charge in [-0.25, -0.2) is 14.4 Å².